The molecule has 1 fully saturated rings. The largest absolute Gasteiger partial charge is 0.508 e. The van der Waals surface area contributed by atoms with E-state index in [-0.39, 0.29) is 11.0 Å². The van der Waals surface area contributed by atoms with Crippen LogP contribution in [0.25, 0.3) is 38.3 Å². The van der Waals surface area contributed by atoms with Gasteiger partial charge in [-0.1, -0.05) is 54.6 Å². The van der Waals surface area contributed by atoms with Crippen molar-refractivity contribution >= 4 is 16.7 Å². The molecule has 0 unspecified atom stereocenters. The van der Waals surface area contributed by atoms with Gasteiger partial charge in [-0.15, -0.1) is 0 Å². The Morgan fingerprint density at radius 1 is 1.03 bits per heavy atom. The molecule has 1 heterocycles. The van der Waals surface area contributed by atoms with Gasteiger partial charge in [0.25, 0.3) is 0 Å². The monoisotopic (exact) mass is 422 g/mol. The minimum absolute atomic E-state index is 0.168. The lowest BCUT2D eigenvalue weighted by Gasteiger charge is -2.38. The van der Waals surface area contributed by atoms with Gasteiger partial charge < -0.3 is 14.9 Å². The van der Waals surface area contributed by atoms with Crippen molar-refractivity contribution in [3.05, 3.63) is 93.9 Å². The van der Waals surface area contributed by atoms with Gasteiger partial charge in [0.05, 0.1) is 24.6 Å². The number of rotatable bonds is 4. The van der Waals surface area contributed by atoms with Gasteiger partial charge >= 0.3 is 0 Å². The van der Waals surface area contributed by atoms with Crippen molar-refractivity contribution in [3.8, 4) is 28.2 Å². The van der Waals surface area contributed by atoms with Gasteiger partial charge in [0, 0.05) is 11.1 Å². The van der Waals surface area contributed by atoms with E-state index in [4.69, 9.17) is 21.5 Å². The molecule has 0 amide bonds. The quantitative estimate of drug-likeness (QED) is 0.408. The topological polar surface area (TPSA) is 69.8 Å². The second-order valence-electron chi connectivity index (χ2n) is 8.22. The zero-order valence-electron chi connectivity index (χ0n) is 17.7. The van der Waals surface area contributed by atoms with Gasteiger partial charge in [-0.05, 0) is 42.5 Å². The van der Waals surface area contributed by atoms with Gasteiger partial charge in [-0.2, -0.15) is 0 Å². The van der Waals surface area contributed by atoms with E-state index in [9.17, 15) is 4.79 Å². The second-order valence-corrected chi connectivity index (χ2v) is 8.22. The van der Waals surface area contributed by atoms with Crippen molar-refractivity contribution in [1.29, 1.82) is 0 Å². The number of nitrogens with two attached hydrogens (primary N) is 1. The zero-order valence-corrected chi connectivity index (χ0v) is 17.7. The third kappa shape index (κ3) is 3.17. The fourth-order valence-corrected chi connectivity index (χ4v) is 4.33. The summed E-state index contributed by atoms with van der Waals surface area (Å²) in [6.45, 7) is 7.42. The molecule has 0 bridgehead atoms. The second kappa shape index (κ2) is 7.67. The molecule has 32 heavy (non-hydrogen) atoms. The van der Waals surface area contributed by atoms with Crippen LogP contribution in [0.4, 0.5) is 5.69 Å². The van der Waals surface area contributed by atoms with Crippen molar-refractivity contribution in [1.82, 2.24) is 0 Å². The molecule has 1 saturated carbocycles. The smallest absolute Gasteiger partial charge is 0.231 e. The van der Waals surface area contributed by atoms with E-state index in [0.29, 0.717) is 33.7 Å². The summed E-state index contributed by atoms with van der Waals surface area (Å²) in [5.74, 6) is 0.826. The maximum atomic E-state index is 13.7. The maximum absolute atomic E-state index is 13.7. The molecular formula is C27H22N2O3. The molecule has 0 radical (unpaired) electrons. The van der Waals surface area contributed by atoms with Crippen molar-refractivity contribution in [2.45, 2.75) is 24.8 Å². The Balaban J connectivity index is 1.77. The van der Waals surface area contributed by atoms with E-state index in [2.05, 4.69) is 4.85 Å². The van der Waals surface area contributed by atoms with Crippen LogP contribution in [-0.2, 0) is 5.54 Å². The van der Waals surface area contributed by atoms with Gasteiger partial charge in [0.1, 0.15) is 17.1 Å². The van der Waals surface area contributed by atoms with Crippen LogP contribution in [0.3, 0.4) is 0 Å². The molecule has 5 nitrogen and oxygen atoms in total. The lowest BCUT2D eigenvalue weighted by molar-refractivity contribution is 0.253. The Kier molecular flexibility index (Phi) is 4.80. The Morgan fingerprint density at radius 2 is 1.75 bits per heavy atom. The third-order valence-corrected chi connectivity index (χ3v) is 6.34. The van der Waals surface area contributed by atoms with E-state index in [1.807, 2.05) is 54.6 Å². The summed E-state index contributed by atoms with van der Waals surface area (Å²) in [5.41, 5.74) is 9.82. The predicted molar refractivity (Wildman–Crippen MR) is 126 cm³/mol. The number of nitrogens with zero attached hydrogens (tertiary/aromatic N) is 1. The van der Waals surface area contributed by atoms with Crippen molar-refractivity contribution in [2.24, 2.45) is 5.73 Å². The molecule has 0 aliphatic heterocycles. The first-order valence-electron chi connectivity index (χ1n) is 10.6. The van der Waals surface area contributed by atoms with Crippen LogP contribution < -0.4 is 15.9 Å². The van der Waals surface area contributed by atoms with Crippen molar-refractivity contribution in [3.63, 3.8) is 0 Å². The van der Waals surface area contributed by atoms with E-state index < -0.39 is 0 Å². The normalized spacial score (nSPS) is 14.5. The number of fused-ring (bicyclic) bond motifs is 1. The Hall–Kier alpha value is -3.88. The van der Waals surface area contributed by atoms with Crippen LogP contribution in [0.5, 0.6) is 5.75 Å². The van der Waals surface area contributed by atoms with Gasteiger partial charge in [0.15, 0.2) is 0 Å². The molecule has 5 heteroatoms. The molecular weight excluding hydrogens is 400 g/mol. The fourth-order valence-electron chi connectivity index (χ4n) is 4.33. The average Bonchev–Trinajstić information content (AvgIpc) is 2.82. The lowest BCUT2D eigenvalue weighted by Crippen LogP contribution is -2.43. The molecule has 0 saturated heterocycles. The van der Waals surface area contributed by atoms with Crippen molar-refractivity contribution < 1.29 is 9.15 Å². The highest BCUT2D eigenvalue weighted by Crippen LogP contribution is 2.40. The molecule has 0 atom stereocenters. The minimum Gasteiger partial charge on any atom is -0.508 e. The van der Waals surface area contributed by atoms with Crippen LogP contribution in [-0.4, -0.2) is 7.11 Å². The SMILES string of the molecule is [C-]#[N+]c1cc2oc(-c3ccccc3)c(-c3ccc(C4(N)CCC4)cc3)c(=O)c2cc1OC. The minimum atomic E-state index is -0.266. The lowest BCUT2D eigenvalue weighted by atomic mass is 9.72. The molecule has 1 aromatic heterocycles. The Bertz CT molecular complexity index is 1410. The molecule has 1 aliphatic carbocycles. The first-order chi connectivity index (χ1) is 15.5. The molecule has 5 rings (SSSR count). The predicted octanol–water partition coefficient (Wildman–Crippen LogP) is 6.02. The standard InChI is InChI=1S/C27H22N2O3/c1-29-21-16-22-20(15-23(21)31-2)25(30)24(26(32-22)18-7-4-3-5-8-18)17-9-11-19(12-10-17)27(28)13-6-14-27/h3-5,7-12,15-16H,6,13-14,28H2,2H3. The number of benzene rings is 3. The Morgan fingerprint density at radius 3 is 2.34 bits per heavy atom. The van der Waals surface area contributed by atoms with E-state index in [1.165, 1.54) is 7.11 Å². The van der Waals surface area contributed by atoms with Crippen molar-refractivity contribution in [2.75, 3.05) is 7.11 Å². The summed E-state index contributed by atoms with van der Waals surface area (Å²) in [7, 11) is 1.48. The summed E-state index contributed by atoms with van der Waals surface area (Å²) >= 11 is 0. The van der Waals surface area contributed by atoms with E-state index in [1.54, 1.807) is 12.1 Å². The summed E-state index contributed by atoms with van der Waals surface area (Å²) in [6, 6.07) is 20.6. The number of hydrogen-bond donors (Lipinski definition) is 1. The molecule has 3 aromatic carbocycles. The highest BCUT2D eigenvalue weighted by Gasteiger charge is 2.34. The summed E-state index contributed by atoms with van der Waals surface area (Å²) in [5, 5.41) is 0.377. The zero-order chi connectivity index (χ0) is 22.3. The average molecular weight is 422 g/mol. The Labute approximate surface area is 185 Å². The molecule has 4 aromatic rings. The summed E-state index contributed by atoms with van der Waals surface area (Å²) in [6.07, 6.45) is 3.09. The number of ether oxygens (including phenoxy) is 1. The molecule has 1 aliphatic rings. The highest BCUT2D eigenvalue weighted by molar-refractivity contribution is 5.92. The molecule has 2 N–H and O–H groups in total. The van der Waals surface area contributed by atoms with Crippen LogP contribution in [0.1, 0.15) is 24.8 Å². The highest BCUT2D eigenvalue weighted by atomic mass is 16.5. The van der Waals surface area contributed by atoms with E-state index >= 15 is 0 Å². The van der Waals surface area contributed by atoms with Gasteiger partial charge in [0.2, 0.25) is 11.1 Å². The first kappa shape index (κ1) is 20.0. The molecule has 158 valence electrons. The first-order valence-corrected chi connectivity index (χ1v) is 10.6. The number of hydrogen-bond acceptors (Lipinski definition) is 4. The van der Waals surface area contributed by atoms with Crippen LogP contribution in [0.2, 0.25) is 0 Å². The fraction of sp³-hybridized carbons (Fsp3) is 0.185. The van der Waals surface area contributed by atoms with Crippen LogP contribution >= 0.6 is 0 Å². The third-order valence-electron chi connectivity index (χ3n) is 6.34. The maximum Gasteiger partial charge on any atom is 0.231 e. The van der Waals surface area contributed by atoms with Crippen LogP contribution in [0, 0.1) is 6.57 Å². The number of methoxy groups -OCH3 is 1. The van der Waals surface area contributed by atoms with Crippen LogP contribution in [0.15, 0.2) is 75.9 Å². The molecule has 0 spiro atoms. The summed E-state index contributed by atoms with van der Waals surface area (Å²) in [4.78, 5) is 17.2. The van der Waals surface area contributed by atoms with Gasteiger partial charge in [-0.3, -0.25) is 4.79 Å². The van der Waals surface area contributed by atoms with Gasteiger partial charge in [-0.25, -0.2) is 4.85 Å². The summed E-state index contributed by atoms with van der Waals surface area (Å²) < 4.78 is 11.6. The van der Waals surface area contributed by atoms with E-state index in [0.717, 1.165) is 36.0 Å².